The number of hydrogen-bond donors (Lipinski definition) is 3. The van der Waals surface area contributed by atoms with Crippen molar-refractivity contribution in [1.29, 1.82) is 0 Å². The Kier molecular flexibility index (Phi) is 5.00. The summed E-state index contributed by atoms with van der Waals surface area (Å²) in [5.41, 5.74) is 10.1. The minimum atomic E-state index is 0.442. The van der Waals surface area contributed by atoms with E-state index in [0.29, 0.717) is 10.9 Å². The third kappa shape index (κ3) is 3.97. The molecule has 25 heavy (non-hydrogen) atoms. The second-order valence-electron chi connectivity index (χ2n) is 5.73. The zero-order valence-electron chi connectivity index (χ0n) is 14.4. The van der Waals surface area contributed by atoms with E-state index in [9.17, 15) is 0 Å². The summed E-state index contributed by atoms with van der Waals surface area (Å²) in [7, 11) is 1.63. The number of rotatable bonds is 4. The first kappa shape index (κ1) is 17.0. The Hall–Kier alpha value is -2.86. The van der Waals surface area contributed by atoms with Gasteiger partial charge in [0, 0.05) is 17.1 Å². The summed E-state index contributed by atoms with van der Waals surface area (Å²) < 4.78 is 5.20. The van der Waals surface area contributed by atoms with Crippen molar-refractivity contribution in [2.24, 2.45) is 0 Å². The number of aromatic nitrogens is 1. The maximum absolute atomic E-state index is 5.32. The number of pyridine rings is 1. The molecule has 0 atom stereocenters. The standard InChI is InChI=1S/C19H20N4OS/c1-12-6-4-9-16-13(2)10-17(21-18(12)16)22-23-19(25)20-14-7-5-8-15(11-14)24-3/h4-11H,1-3H3,(H,21,22)(H2,20,23,25). The van der Waals surface area contributed by atoms with Crippen LogP contribution >= 0.6 is 12.2 Å². The zero-order chi connectivity index (χ0) is 17.8. The molecule has 2 aromatic carbocycles. The van der Waals surface area contributed by atoms with Crippen LogP contribution in [-0.2, 0) is 0 Å². The largest absolute Gasteiger partial charge is 0.497 e. The number of hydrogen-bond acceptors (Lipinski definition) is 4. The van der Waals surface area contributed by atoms with Gasteiger partial charge in [-0.3, -0.25) is 10.9 Å². The highest BCUT2D eigenvalue weighted by atomic mass is 32.1. The van der Waals surface area contributed by atoms with Crippen molar-refractivity contribution in [3.63, 3.8) is 0 Å². The lowest BCUT2D eigenvalue weighted by Gasteiger charge is -2.14. The number of fused-ring (bicyclic) bond motifs is 1. The van der Waals surface area contributed by atoms with Crippen LogP contribution in [0.15, 0.2) is 48.5 Å². The van der Waals surface area contributed by atoms with Crippen LogP contribution < -0.4 is 20.9 Å². The number of para-hydroxylation sites is 1. The Labute approximate surface area is 152 Å². The SMILES string of the molecule is COc1cccc(NC(=S)NNc2cc(C)c3cccc(C)c3n2)c1. The summed E-state index contributed by atoms with van der Waals surface area (Å²) >= 11 is 5.32. The normalized spacial score (nSPS) is 10.4. The average molecular weight is 352 g/mol. The number of hydrazine groups is 1. The molecule has 1 aromatic heterocycles. The van der Waals surface area contributed by atoms with Gasteiger partial charge in [0.25, 0.3) is 0 Å². The Morgan fingerprint density at radius 3 is 2.64 bits per heavy atom. The summed E-state index contributed by atoms with van der Waals surface area (Å²) in [5.74, 6) is 1.48. The quantitative estimate of drug-likeness (QED) is 0.484. The van der Waals surface area contributed by atoms with E-state index >= 15 is 0 Å². The van der Waals surface area contributed by atoms with Gasteiger partial charge in [0.05, 0.1) is 12.6 Å². The number of nitrogens with one attached hydrogen (secondary N) is 3. The smallest absolute Gasteiger partial charge is 0.189 e. The second-order valence-corrected chi connectivity index (χ2v) is 6.14. The van der Waals surface area contributed by atoms with Gasteiger partial charge in [0.15, 0.2) is 5.11 Å². The topological polar surface area (TPSA) is 58.2 Å². The third-order valence-corrected chi connectivity index (χ3v) is 4.08. The van der Waals surface area contributed by atoms with E-state index in [1.807, 2.05) is 36.4 Å². The minimum Gasteiger partial charge on any atom is -0.497 e. The lowest BCUT2D eigenvalue weighted by molar-refractivity contribution is 0.415. The number of ether oxygens (including phenoxy) is 1. The lowest BCUT2D eigenvalue weighted by atomic mass is 10.1. The minimum absolute atomic E-state index is 0.442. The van der Waals surface area contributed by atoms with Crippen molar-refractivity contribution in [3.8, 4) is 5.75 Å². The van der Waals surface area contributed by atoms with Crippen LogP contribution in [0.5, 0.6) is 5.75 Å². The molecule has 0 spiro atoms. The van der Waals surface area contributed by atoms with E-state index in [0.717, 1.165) is 33.5 Å². The van der Waals surface area contributed by atoms with Crippen LogP contribution in [0, 0.1) is 13.8 Å². The molecule has 0 saturated carbocycles. The van der Waals surface area contributed by atoms with Gasteiger partial charge in [0.2, 0.25) is 0 Å². The van der Waals surface area contributed by atoms with Crippen LogP contribution in [0.25, 0.3) is 10.9 Å². The molecule has 6 heteroatoms. The molecule has 0 aliphatic carbocycles. The Morgan fingerprint density at radius 2 is 1.84 bits per heavy atom. The fourth-order valence-corrected chi connectivity index (χ4v) is 2.78. The number of thiocarbonyl (C=S) groups is 1. The van der Waals surface area contributed by atoms with Gasteiger partial charge in [-0.15, -0.1) is 0 Å². The summed E-state index contributed by atoms with van der Waals surface area (Å²) in [6.45, 7) is 4.13. The number of methoxy groups -OCH3 is 1. The van der Waals surface area contributed by atoms with E-state index < -0.39 is 0 Å². The molecular formula is C19H20N4OS. The van der Waals surface area contributed by atoms with Gasteiger partial charge in [-0.1, -0.05) is 24.3 Å². The van der Waals surface area contributed by atoms with Crippen molar-refractivity contribution in [1.82, 2.24) is 10.4 Å². The summed E-state index contributed by atoms with van der Waals surface area (Å²) in [4.78, 5) is 4.66. The highest BCUT2D eigenvalue weighted by Gasteiger charge is 2.05. The van der Waals surface area contributed by atoms with E-state index in [2.05, 4.69) is 47.1 Å². The summed E-state index contributed by atoms with van der Waals surface area (Å²) in [6, 6.07) is 15.7. The summed E-state index contributed by atoms with van der Waals surface area (Å²) in [6.07, 6.45) is 0. The monoisotopic (exact) mass is 352 g/mol. The summed E-state index contributed by atoms with van der Waals surface area (Å²) in [5, 5.41) is 4.70. The fourth-order valence-electron chi connectivity index (χ4n) is 2.61. The Balaban J connectivity index is 1.69. The molecule has 5 nitrogen and oxygen atoms in total. The first-order valence-electron chi connectivity index (χ1n) is 7.91. The van der Waals surface area contributed by atoms with Crippen LogP contribution in [-0.4, -0.2) is 17.2 Å². The molecule has 128 valence electrons. The molecule has 3 aromatic rings. The Morgan fingerprint density at radius 1 is 1.04 bits per heavy atom. The molecule has 3 rings (SSSR count). The number of anilines is 2. The van der Waals surface area contributed by atoms with Gasteiger partial charge in [0.1, 0.15) is 11.6 Å². The molecule has 0 aliphatic heterocycles. The Bertz CT molecular complexity index is 926. The number of nitrogens with zero attached hydrogens (tertiary/aromatic N) is 1. The molecule has 0 unspecified atom stereocenters. The number of benzene rings is 2. The third-order valence-electron chi connectivity index (χ3n) is 3.88. The van der Waals surface area contributed by atoms with E-state index in [4.69, 9.17) is 17.0 Å². The maximum atomic E-state index is 5.32. The molecule has 0 radical (unpaired) electrons. The van der Waals surface area contributed by atoms with Crippen molar-refractivity contribution in [2.45, 2.75) is 13.8 Å². The van der Waals surface area contributed by atoms with Gasteiger partial charge in [-0.25, -0.2) is 4.98 Å². The van der Waals surface area contributed by atoms with Gasteiger partial charge >= 0.3 is 0 Å². The van der Waals surface area contributed by atoms with E-state index in [1.54, 1.807) is 7.11 Å². The molecule has 1 heterocycles. The molecule has 0 bridgehead atoms. The molecule has 3 N–H and O–H groups in total. The van der Waals surface area contributed by atoms with Gasteiger partial charge in [-0.2, -0.15) is 0 Å². The predicted octanol–water partition coefficient (Wildman–Crippen LogP) is 4.17. The first-order valence-corrected chi connectivity index (χ1v) is 8.31. The molecule has 0 saturated heterocycles. The van der Waals surface area contributed by atoms with Crippen LogP contribution in [0.1, 0.15) is 11.1 Å². The molecule has 0 fully saturated rings. The van der Waals surface area contributed by atoms with E-state index in [1.165, 1.54) is 0 Å². The molecule has 0 aliphatic rings. The maximum Gasteiger partial charge on any atom is 0.189 e. The molecule has 0 amide bonds. The highest BCUT2D eigenvalue weighted by molar-refractivity contribution is 7.80. The van der Waals surface area contributed by atoms with Crippen LogP contribution in [0.3, 0.4) is 0 Å². The van der Waals surface area contributed by atoms with E-state index in [-0.39, 0.29) is 0 Å². The first-order chi connectivity index (χ1) is 12.1. The van der Waals surface area contributed by atoms with Crippen LogP contribution in [0.2, 0.25) is 0 Å². The predicted molar refractivity (Wildman–Crippen MR) is 107 cm³/mol. The molecular weight excluding hydrogens is 332 g/mol. The fraction of sp³-hybridized carbons (Fsp3) is 0.158. The van der Waals surface area contributed by atoms with Crippen molar-refractivity contribution in [2.75, 3.05) is 17.9 Å². The van der Waals surface area contributed by atoms with Crippen molar-refractivity contribution in [3.05, 3.63) is 59.7 Å². The second kappa shape index (κ2) is 7.36. The highest BCUT2D eigenvalue weighted by Crippen LogP contribution is 2.22. The van der Waals surface area contributed by atoms with Crippen LogP contribution in [0.4, 0.5) is 11.5 Å². The average Bonchev–Trinajstić information content (AvgIpc) is 2.61. The number of aryl methyl sites for hydroxylation is 2. The van der Waals surface area contributed by atoms with Crippen molar-refractivity contribution >= 4 is 39.7 Å². The lowest BCUT2D eigenvalue weighted by Crippen LogP contribution is -2.33. The zero-order valence-corrected chi connectivity index (χ0v) is 15.2. The van der Waals surface area contributed by atoms with Gasteiger partial charge < -0.3 is 10.1 Å². The van der Waals surface area contributed by atoms with Gasteiger partial charge in [-0.05, 0) is 55.4 Å². The van der Waals surface area contributed by atoms with Crippen molar-refractivity contribution < 1.29 is 4.74 Å².